The highest BCUT2D eigenvalue weighted by Crippen LogP contribution is 2.36. The molecule has 2 aromatic rings. The first-order chi connectivity index (χ1) is 10.7. The molecule has 1 saturated heterocycles. The van der Waals surface area contributed by atoms with Gasteiger partial charge in [0.1, 0.15) is 6.04 Å². The number of para-hydroxylation sites is 2. The Bertz CT molecular complexity index is 729. The van der Waals surface area contributed by atoms with Gasteiger partial charge in [0.05, 0.1) is 16.3 Å². The second-order valence-electron chi connectivity index (χ2n) is 5.56. The molecule has 2 N–H and O–H groups in total. The SMILES string of the molecule is O=C(NC1CC2C(=O)Nc3ccccc3N2C1)c1cccs1. The molecule has 2 unspecified atom stereocenters. The van der Waals surface area contributed by atoms with Crippen LogP contribution in [0.5, 0.6) is 0 Å². The number of thiophene rings is 1. The van der Waals surface area contributed by atoms with Crippen LogP contribution in [0.1, 0.15) is 16.1 Å². The summed E-state index contributed by atoms with van der Waals surface area (Å²) in [5.74, 6) is -0.0555. The van der Waals surface area contributed by atoms with Crippen molar-refractivity contribution in [3.63, 3.8) is 0 Å². The van der Waals surface area contributed by atoms with Crippen molar-refractivity contribution < 1.29 is 9.59 Å². The van der Waals surface area contributed by atoms with Crippen LogP contribution in [-0.4, -0.2) is 30.4 Å². The van der Waals surface area contributed by atoms with Gasteiger partial charge in [-0.1, -0.05) is 18.2 Å². The molecule has 2 aliphatic rings. The third-order valence-electron chi connectivity index (χ3n) is 4.16. The molecule has 2 atom stereocenters. The zero-order valence-electron chi connectivity index (χ0n) is 11.8. The number of nitrogens with one attached hydrogen (secondary N) is 2. The van der Waals surface area contributed by atoms with Gasteiger partial charge in [0.15, 0.2) is 0 Å². The maximum absolute atomic E-state index is 12.2. The molecule has 5 nitrogen and oxygen atoms in total. The Morgan fingerprint density at radius 1 is 1.27 bits per heavy atom. The summed E-state index contributed by atoms with van der Waals surface area (Å²) in [6.07, 6.45) is 0.636. The van der Waals surface area contributed by atoms with Crippen molar-refractivity contribution in [1.82, 2.24) is 5.32 Å². The smallest absolute Gasteiger partial charge is 0.261 e. The minimum absolute atomic E-state index is 0.00609. The average molecular weight is 313 g/mol. The third-order valence-corrected chi connectivity index (χ3v) is 5.02. The van der Waals surface area contributed by atoms with E-state index in [1.165, 1.54) is 11.3 Å². The highest BCUT2D eigenvalue weighted by atomic mass is 32.1. The summed E-state index contributed by atoms with van der Waals surface area (Å²) in [7, 11) is 0. The summed E-state index contributed by atoms with van der Waals surface area (Å²) >= 11 is 1.42. The topological polar surface area (TPSA) is 61.4 Å². The van der Waals surface area contributed by atoms with Crippen LogP contribution in [0.4, 0.5) is 11.4 Å². The molecule has 1 aromatic carbocycles. The average Bonchev–Trinajstić information content (AvgIpc) is 3.17. The van der Waals surface area contributed by atoms with Crippen LogP contribution in [0.2, 0.25) is 0 Å². The summed E-state index contributed by atoms with van der Waals surface area (Å²) in [4.78, 5) is 27.2. The van der Waals surface area contributed by atoms with Crippen molar-refractivity contribution in [3.05, 3.63) is 46.7 Å². The first-order valence-electron chi connectivity index (χ1n) is 7.23. The van der Waals surface area contributed by atoms with Crippen LogP contribution in [-0.2, 0) is 4.79 Å². The number of amides is 2. The Morgan fingerprint density at radius 3 is 2.95 bits per heavy atom. The summed E-state index contributed by atoms with van der Waals surface area (Å²) < 4.78 is 0. The molecule has 6 heteroatoms. The van der Waals surface area contributed by atoms with E-state index in [1.54, 1.807) is 0 Å². The highest BCUT2D eigenvalue weighted by Gasteiger charge is 2.41. The molecule has 0 aliphatic carbocycles. The maximum Gasteiger partial charge on any atom is 0.261 e. The van der Waals surface area contributed by atoms with Crippen molar-refractivity contribution in [2.45, 2.75) is 18.5 Å². The predicted molar refractivity (Wildman–Crippen MR) is 86.4 cm³/mol. The number of anilines is 2. The largest absolute Gasteiger partial charge is 0.356 e. The minimum Gasteiger partial charge on any atom is -0.356 e. The van der Waals surface area contributed by atoms with Gasteiger partial charge in [-0.25, -0.2) is 0 Å². The monoisotopic (exact) mass is 313 g/mol. The van der Waals surface area contributed by atoms with Crippen LogP contribution in [0.3, 0.4) is 0 Å². The normalized spacial score (nSPS) is 22.7. The molecule has 0 spiro atoms. The van der Waals surface area contributed by atoms with Gasteiger partial charge in [-0.05, 0) is 30.0 Å². The lowest BCUT2D eigenvalue weighted by atomic mass is 10.1. The molecule has 22 heavy (non-hydrogen) atoms. The molecular weight excluding hydrogens is 298 g/mol. The molecule has 112 valence electrons. The fraction of sp³-hybridized carbons (Fsp3) is 0.250. The Kier molecular flexibility index (Phi) is 3.11. The molecule has 1 aromatic heterocycles. The molecule has 2 aliphatic heterocycles. The summed E-state index contributed by atoms with van der Waals surface area (Å²) in [6, 6.07) is 11.2. The third kappa shape index (κ3) is 2.16. The Hall–Kier alpha value is -2.34. The fourth-order valence-electron chi connectivity index (χ4n) is 3.17. The van der Waals surface area contributed by atoms with Gasteiger partial charge in [-0.15, -0.1) is 11.3 Å². The Labute approximate surface area is 131 Å². The number of rotatable bonds is 2. The fourth-order valence-corrected chi connectivity index (χ4v) is 3.79. The van der Waals surface area contributed by atoms with E-state index in [0.717, 1.165) is 11.4 Å². The Morgan fingerprint density at radius 2 is 2.14 bits per heavy atom. The number of carbonyl (C=O) groups excluding carboxylic acids is 2. The number of hydrogen-bond donors (Lipinski definition) is 2. The molecule has 3 heterocycles. The molecule has 0 saturated carbocycles. The lowest BCUT2D eigenvalue weighted by Crippen LogP contribution is -2.43. The summed E-state index contributed by atoms with van der Waals surface area (Å²) in [5, 5.41) is 7.87. The second kappa shape index (κ2) is 5.14. The second-order valence-corrected chi connectivity index (χ2v) is 6.51. The van der Waals surface area contributed by atoms with E-state index in [1.807, 2.05) is 41.8 Å². The quantitative estimate of drug-likeness (QED) is 0.892. The van der Waals surface area contributed by atoms with Gasteiger partial charge < -0.3 is 15.5 Å². The van der Waals surface area contributed by atoms with Gasteiger partial charge in [0.25, 0.3) is 5.91 Å². The van der Waals surface area contributed by atoms with Crippen LogP contribution in [0, 0.1) is 0 Å². The maximum atomic E-state index is 12.2. The van der Waals surface area contributed by atoms with E-state index in [2.05, 4.69) is 15.5 Å². The van der Waals surface area contributed by atoms with E-state index in [0.29, 0.717) is 17.8 Å². The number of carbonyl (C=O) groups is 2. The molecule has 4 rings (SSSR count). The Balaban J connectivity index is 1.54. The predicted octanol–water partition coefficient (Wildman–Crippen LogP) is 2.08. The lowest BCUT2D eigenvalue weighted by molar-refractivity contribution is -0.117. The van der Waals surface area contributed by atoms with Crippen molar-refractivity contribution in [3.8, 4) is 0 Å². The van der Waals surface area contributed by atoms with Crippen molar-refractivity contribution in [2.75, 3.05) is 16.8 Å². The summed E-state index contributed by atoms with van der Waals surface area (Å²) in [5.41, 5.74) is 1.87. The van der Waals surface area contributed by atoms with Gasteiger partial charge in [0.2, 0.25) is 5.91 Å². The minimum atomic E-state index is -0.205. The van der Waals surface area contributed by atoms with Crippen molar-refractivity contribution in [2.24, 2.45) is 0 Å². The number of hydrogen-bond acceptors (Lipinski definition) is 4. The highest BCUT2D eigenvalue weighted by molar-refractivity contribution is 7.12. The molecule has 0 radical (unpaired) electrons. The first kappa shape index (κ1) is 13.3. The van der Waals surface area contributed by atoms with Crippen LogP contribution in [0.15, 0.2) is 41.8 Å². The number of fused-ring (bicyclic) bond motifs is 3. The van der Waals surface area contributed by atoms with E-state index < -0.39 is 0 Å². The van der Waals surface area contributed by atoms with Gasteiger partial charge in [-0.3, -0.25) is 9.59 Å². The van der Waals surface area contributed by atoms with E-state index in [9.17, 15) is 9.59 Å². The summed E-state index contributed by atoms with van der Waals surface area (Å²) in [6.45, 7) is 0.659. The van der Waals surface area contributed by atoms with Crippen molar-refractivity contribution >= 4 is 34.5 Å². The molecular formula is C16H15N3O2S. The molecule has 2 amide bonds. The zero-order chi connectivity index (χ0) is 15.1. The van der Waals surface area contributed by atoms with Crippen LogP contribution < -0.4 is 15.5 Å². The molecule has 1 fully saturated rings. The number of nitrogens with zero attached hydrogens (tertiary/aromatic N) is 1. The van der Waals surface area contributed by atoms with E-state index >= 15 is 0 Å². The van der Waals surface area contributed by atoms with Gasteiger partial charge in [0, 0.05) is 12.6 Å². The van der Waals surface area contributed by atoms with Crippen LogP contribution >= 0.6 is 11.3 Å². The van der Waals surface area contributed by atoms with Gasteiger partial charge >= 0.3 is 0 Å². The number of benzene rings is 1. The zero-order valence-corrected chi connectivity index (χ0v) is 12.6. The van der Waals surface area contributed by atoms with E-state index in [-0.39, 0.29) is 23.9 Å². The van der Waals surface area contributed by atoms with E-state index in [4.69, 9.17) is 0 Å². The standard InChI is InChI=1S/C16H15N3O2S/c20-15-13-8-10(17-16(21)14-6-3-7-22-14)9-19(13)12-5-2-1-4-11(12)18-15/h1-7,10,13H,8-9H2,(H,17,21)(H,18,20). The van der Waals surface area contributed by atoms with Crippen LogP contribution in [0.25, 0.3) is 0 Å². The molecule has 0 bridgehead atoms. The van der Waals surface area contributed by atoms with Gasteiger partial charge in [-0.2, -0.15) is 0 Å². The lowest BCUT2D eigenvalue weighted by Gasteiger charge is -2.32. The first-order valence-corrected chi connectivity index (χ1v) is 8.11. The van der Waals surface area contributed by atoms with Crippen molar-refractivity contribution in [1.29, 1.82) is 0 Å².